The molecule has 21 heavy (non-hydrogen) atoms. The van der Waals surface area contributed by atoms with Crippen LogP contribution in [0.3, 0.4) is 0 Å². The third-order valence-corrected chi connectivity index (χ3v) is 4.68. The van der Waals surface area contributed by atoms with Crippen LogP contribution in [0.1, 0.15) is 24.8 Å². The molecule has 2 aliphatic rings. The molecule has 3 nitrogen and oxygen atoms in total. The molecule has 0 aliphatic carbocycles. The first-order valence-corrected chi connectivity index (χ1v) is 8.12. The lowest BCUT2D eigenvalue weighted by Crippen LogP contribution is -2.36. The highest BCUT2D eigenvalue weighted by molar-refractivity contribution is 5.50. The molecule has 2 fully saturated rings. The van der Waals surface area contributed by atoms with Crippen molar-refractivity contribution in [1.82, 2.24) is 9.80 Å². The Kier molecular flexibility index (Phi) is 4.94. The smallest absolute Gasteiger partial charge is 0.118 e. The Bertz CT molecular complexity index is 469. The molecule has 2 heterocycles. The molecule has 114 valence electrons. The maximum atomic E-state index is 5.19. The van der Waals surface area contributed by atoms with Gasteiger partial charge < -0.3 is 4.74 Å². The van der Waals surface area contributed by atoms with Gasteiger partial charge in [-0.25, -0.2) is 0 Å². The summed E-state index contributed by atoms with van der Waals surface area (Å²) in [7, 11) is 1.70. The van der Waals surface area contributed by atoms with Gasteiger partial charge in [0, 0.05) is 19.1 Å². The summed E-state index contributed by atoms with van der Waals surface area (Å²) in [5.41, 5.74) is 1.24. The van der Waals surface area contributed by atoms with E-state index in [0.717, 1.165) is 18.3 Å². The summed E-state index contributed by atoms with van der Waals surface area (Å²) >= 11 is 0. The minimum absolute atomic E-state index is 0.807. The highest BCUT2D eigenvalue weighted by atomic mass is 16.5. The number of hydrogen-bond acceptors (Lipinski definition) is 3. The second kappa shape index (κ2) is 7.10. The first-order valence-electron chi connectivity index (χ1n) is 8.12. The highest BCUT2D eigenvalue weighted by Gasteiger charge is 2.27. The molecule has 0 N–H and O–H groups in total. The second-order valence-electron chi connectivity index (χ2n) is 6.12. The monoisotopic (exact) mass is 286 g/mol. The third-order valence-electron chi connectivity index (χ3n) is 4.68. The Labute approximate surface area is 128 Å². The molecule has 1 aromatic carbocycles. The predicted molar refractivity (Wildman–Crippen MR) is 87.7 cm³/mol. The van der Waals surface area contributed by atoms with Gasteiger partial charge in [0.25, 0.3) is 0 Å². The van der Waals surface area contributed by atoms with E-state index in [1.807, 2.05) is 12.1 Å². The van der Waals surface area contributed by atoms with Gasteiger partial charge in [0.15, 0.2) is 0 Å². The average molecular weight is 286 g/mol. The molecule has 0 bridgehead atoms. The predicted octanol–water partition coefficient (Wildman–Crippen LogP) is 2.88. The van der Waals surface area contributed by atoms with Gasteiger partial charge in [-0.2, -0.15) is 0 Å². The zero-order valence-electron chi connectivity index (χ0n) is 13.0. The number of benzene rings is 1. The number of rotatable bonds is 4. The zero-order chi connectivity index (χ0) is 14.5. The zero-order valence-corrected chi connectivity index (χ0v) is 13.0. The fourth-order valence-corrected chi connectivity index (χ4v) is 3.50. The number of methoxy groups -OCH3 is 1. The van der Waals surface area contributed by atoms with E-state index in [2.05, 4.69) is 34.1 Å². The summed E-state index contributed by atoms with van der Waals surface area (Å²) in [6.45, 7) is 6.16. The van der Waals surface area contributed by atoms with Gasteiger partial charge in [0.1, 0.15) is 5.75 Å². The lowest BCUT2D eigenvalue weighted by Gasteiger charge is -2.24. The van der Waals surface area contributed by atoms with Gasteiger partial charge >= 0.3 is 0 Å². The molecular weight excluding hydrogens is 260 g/mol. The normalized spacial score (nSPS) is 24.1. The molecule has 0 spiro atoms. The number of ether oxygens (including phenoxy) is 1. The van der Waals surface area contributed by atoms with Crippen molar-refractivity contribution in [1.29, 1.82) is 0 Å². The Morgan fingerprint density at radius 1 is 1.14 bits per heavy atom. The fourth-order valence-electron chi connectivity index (χ4n) is 3.50. The van der Waals surface area contributed by atoms with E-state index in [-0.39, 0.29) is 0 Å². The lowest BCUT2D eigenvalue weighted by atomic mass is 10.2. The van der Waals surface area contributed by atoms with E-state index in [0.29, 0.717) is 0 Å². The van der Waals surface area contributed by atoms with Crippen LogP contribution >= 0.6 is 0 Å². The van der Waals surface area contributed by atoms with Crippen LogP contribution in [0, 0.1) is 0 Å². The van der Waals surface area contributed by atoms with Crippen molar-refractivity contribution in [3.63, 3.8) is 0 Å². The van der Waals surface area contributed by atoms with Gasteiger partial charge in [0.2, 0.25) is 0 Å². The molecule has 0 aromatic heterocycles. The molecule has 0 unspecified atom stereocenters. The topological polar surface area (TPSA) is 15.7 Å². The number of fused-ring (bicyclic) bond motifs is 1. The molecule has 2 aliphatic heterocycles. The summed E-state index contributed by atoms with van der Waals surface area (Å²) in [5, 5.41) is 0. The fraction of sp³-hybridized carbons (Fsp3) is 0.556. The van der Waals surface area contributed by atoms with Crippen molar-refractivity contribution < 1.29 is 4.74 Å². The van der Waals surface area contributed by atoms with Gasteiger partial charge in [-0.15, -0.1) is 0 Å². The van der Waals surface area contributed by atoms with E-state index in [1.165, 1.54) is 51.0 Å². The summed E-state index contributed by atoms with van der Waals surface area (Å²) in [4.78, 5) is 5.29. The van der Waals surface area contributed by atoms with Crippen molar-refractivity contribution in [2.24, 2.45) is 0 Å². The first-order chi connectivity index (χ1) is 10.3. The molecule has 1 aromatic rings. The lowest BCUT2D eigenvalue weighted by molar-refractivity contribution is 0.231. The maximum absolute atomic E-state index is 5.19. The van der Waals surface area contributed by atoms with Gasteiger partial charge in [-0.05, 0) is 56.6 Å². The van der Waals surface area contributed by atoms with E-state index >= 15 is 0 Å². The highest BCUT2D eigenvalue weighted by Crippen LogP contribution is 2.21. The van der Waals surface area contributed by atoms with Crippen LogP contribution in [0.4, 0.5) is 0 Å². The van der Waals surface area contributed by atoms with Gasteiger partial charge in [-0.1, -0.05) is 24.3 Å². The SMILES string of the molecule is COc1ccc(/C=C/CN2CCCN3CCC[C@H]3C2)cc1. The molecule has 0 amide bonds. The molecule has 1 atom stereocenters. The largest absolute Gasteiger partial charge is 0.497 e. The third kappa shape index (κ3) is 3.86. The van der Waals surface area contributed by atoms with Gasteiger partial charge in [0.05, 0.1) is 7.11 Å². The van der Waals surface area contributed by atoms with Crippen LogP contribution in [-0.2, 0) is 0 Å². The summed E-state index contributed by atoms with van der Waals surface area (Å²) < 4.78 is 5.19. The van der Waals surface area contributed by atoms with Crippen molar-refractivity contribution in [3.05, 3.63) is 35.9 Å². The Morgan fingerprint density at radius 2 is 1.95 bits per heavy atom. The minimum Gasteiger partial charge on any atom is -0.497 e. The molecule has 0 radical (unpaired) electrons. The molecular formula is C18H26N2O. The quantitative estimate of drug-likeness (QED) is 0.846. The van der Waals surface area contributed by atoms with E-state index in [4.69, 9.17) is 4.74 Å². The van der Waals surface area contributed by atoms with Crippen LogP contribution < -0.4 is 4.74 Å². The first kappa shape index (κ1) is 14.6. The van der Waals surface area contributed by atoms with Crippen LogP contribution in [0.5, 0.6) is 5.75 Å². The average Bonchev–Trinajstić information content (AvgIpc) is 2.86. The summed E-state index contributed by atoms with van der Waals surface area (Å²) in [5.74, 6) is 0.918. The number of hydrogen-bond donors (Lipinski definition) is 0. The van der Waals surface area contributed by atoms with E-state index in [1.54, 1.807) is 7.11 Å². The van der Waals surface area contributed by atoms with E-state index in [9.17, 15) is 0 Å². The summed E-state index contributed by atoms with van der Waals surface area (Å²) in [6, 6.07) is 9.05. The van der Waals surface area contributed by atoms with Crippen molar-refractivity contribution in [3.8, 4) is 5.75 Å². The van der Waals surface area contributed by atoms with Crippen molar-refractivity contribution >= 4 is 6.08 Å². The van der Waals surface area contributed by atoms with Gasteiger partial charge in [-0.3, -0.25) is 9.80 Å². The summed E-state index contributed by atoms with van der Waals surface area (Å²) in [6.07, 6.45) is 8.61. The van der Waals surface area contributed by atoms with Crippen LogP contribution in [0.15, 0.2) is 30.3 Å². The Balaban J connectivity index is 1.52. The van der Waals surface area contributed by atoms with Crippen molar-refractivity contribution in [2.75, 3.05) is 39.8 Å². The van der Waals surface area contributed by atoms with E-state index < -0.39 is 0 Å². The van der Waals surface area contributed by atoms with Crippen molar-refractivity contribution in [2.45, 2.75) is 25.3 Å². The number of nitrogens with zero attached hydrogens (tertiary/aromatic N) is 2. The Hall–Kier alpha value is -1.32. The standard InChI is InChI=1S/C18H26N2O/c1-21-18-9-7-16(8-10-18)5-2-11-19-12-4-14-20-13-3-6-17(20)15-19/h2,5,7-10,17H,3-4,6,11-15H2,1H3/b5-2+/t17-/m0/s1. The van der Waals surface area contributed by atoms with Crippen LogP contribution in [0.2, 0.25) is 0 Å². The molecule has 2 saturated heterocycles. The molecule has 0 saturated carbocycles. The van der Waals surface area contributed by atoms with Crippen LogP contribution in [-0.4, -0.2) is 55.7 Å². The Morgan fingerprint density at radius 3 is 2.76 bits per heavy atom. The maximum Gasteiger partial charge on any atom is 0.118 e. The van der Waals surface area contributed by atoms with Crippen LogP contribution in [0.25, 0.3) is 6.08 Å². The second-order valence-corrected chi connectivity index (χ2v) is 6.12. The molecule has 3 rings (SSSR count). The molecule has 3 heteroatoms. The minimum atomic E-state index is 0.807.